The van der Waals surface area contributed by atoms with E-state index in [9.17, 15) is 4.79 Å². The summed E-state index contributed by atoms with van der Waals surface area (Å²) in [5.41, 5.74) is 9.98. The van der Waals surface area contributed by atoms with Crippen molar-refractivity contribution in [3.8, 4) is 22.5 Å². The van der Waals surface area contributed by atoms with Gasteiger partial charge < -0.3 is 0 Å². The van der Waals surface area contributed by atoms with E-state index in [1.165, 1.54) is 11.1 Å². The number of hydrogen-bond donors (Lipinski definition) is 0. The van der Waals surface area contributed by atoms with E-state index < -0.39 is 11.1 Å². The second-order valence-electron chi connectivity index (χ2n) is 17.9. The number of aromatic nitrogens is 6. The van der Waals surface area contributed by atoms with Crippen molar-refractivity contribution in [1.82, 2.24) is 34.8 Å². The van der Waals surface area contributed by atoms with Gasteiger partial charge in [0.1, 0.15) is 17.0 Å². The highest BCUT2D eigenvalue weighted by molar-refractivity contribution is 5.81. The molecule has 2 aromatic heterocycles. The summed E-state index contributed by atoms with van der Waals surface area (Å²) in [7, 11) is 0. The van der Waals surface area contributed by atoms with E-state index in [4.69, 9.17) is 20.1 Å². The number of aryl methyl sites for hydroxylation is 1. The molecule has 9 aromatic rings. The van der Waals surface area contributed by atoms with E-state index in [0.717, 1.165) is 94.5 Å². The highest BCUT2D eigenvalue weighted by Crippen LogP contribution is 2.49. The van der Waals surface area contributed by atoms with Gasteiger partial charge in [0.25, 0.3) is 5.56 Å². The highest BCUT2D eigenvalue weighted by Gasteiger charge is 2.46. The normalized spacial score (nSPS) is 17.2. The first-order chi connectivity index (χ1) is 32.4. The fourth-order valence-corrected chi connectivity index (χ4v) is 10.5. The molecule has 0 spiro atoms. The van der Waals surface area contributed by atoms with E-state index >= 15 is 0 Å². The Morgan fingerprint density at radius 2 is 1.36 bits per heavy atom. The van der Waals surface area contributed by atoms with Crippen LogP contribution in [-0.2, 0) is 35.4 Å². The van der Waals surface area contributed by atoms with Crippen LogP contribution in [0.3, 0.4) is 0 Å². The maximum Gasteiger partial charge on any atom is 0.261 e. The maximum atomic E-state index is 14.7. The van der Waals surface area contributed by atoms with Gasteiger partial charge in [-0.05, 0) is 92.4 Å². The zero-order chi connectivity index (χ0) is 44.7. The van der Waals surface area contributed by atoms with Gasteiger partial charge in [-0.25, -0.2) is 9.67 Å². The average Bonchev–Trinajstić information content (AvgIpc) is 4.01. The summed E-state index contributed by atoms with van der Waals surface area (Å²) in [6, 6.07) is 63.2. The zero-order valence-corrected chi connectivity index (χ0v) is 37.3. The molecule has 1 saturated heterocycles. The first-order valence-electron chi connectivity index (χ1n) is 23.2. The summed E-state index contributed by atoms with van der Waals surface area (Å²) < 4.78 is 3.86. The van der Waals surface area contributed by atoms with Crippen LogP contribution in [0.4, 0.5) is 0 Å². The summed E-state index contributed by atoms with van der Waals surface area (Å²) in [5, 5.41) is 16.7. The average molecular weight is 866 g/mol. The Morgan fingerprint density at radius 3 is 2.05 bits per heavy atom. The predicted molar refractivity (Wildman–Crippen MR) is 260 cm³/mol. The number of hydrogen-bond acceptors (Lipinski definition) is 7. The molecule has 9 heteroatoms. The molecule has 2 atom stereocenters. The molecular weight excluding hydrogens is 815 g/mol. The van der Waals surface area contributed by atoms with Crippen LogP contribution in [0.1, 0.15) is 83.9 Å². The second-order valence-corrected chi connectivity index (χ2v) is 17.9. The Morgan fingerprint density at radius 1 is 0.727 bits per heavy atom. The number of benzene rings is 7. The van der Waals surface area contributed by atoms with E-state index in [-0.39, 0.29) is 11.6 Å². The minimum atomic E-state index is -0.888. The van der Waals surface area contributed by atoms with Gasteiger partial charge in [-0.15, -0.1) is 5.10 Å². The standard InChI is InChI=1S/C57H51N7O2/c1-3-4-28-53-58-51-34-33-46(56(2)38-52-48-26-15-14-18-41(48)35-36-63(52)66-56)37-50(51)55(65)62(53)39-40-29-31-42(32-30-40)47-25-16-17-27-49(47)54-59-60-61-64(54)57(43-19-8-5-9-20-43,44-21-10-6-11-22-44)45-23-12-7-13-24-45/h5-27,29-34,37,52H,3-4,28,35-36,38-39H2,1-2H3. The van der Waals surface area contributed by atoms with E-state index in [0.29, 0.717) is 17.8 Å². The molecule has 0 saturated carbocycles. The van der Waals surface area contributed by atoms with Gasteiger partial charge in [0, 0.05) is 24.9 Å². The fourth-order valence-electron chi connectivity index (χ4n) is 10.5. The van der Waals surface area contributed by atoms with Crippen LogP contribution in [0.2, 0.25) is 0 Å². The SMILES string of the molecule is CCCCc1nc2ccc(C3(C)CC4c5ccccc5CCN4O3)cc2c(=O)n1Cc1ccc(-c2ccccc2-c2nnnn2C(c2ccccc2)(c2ccccc2)c2ccccc2)cc1. The largest absolute Gasteiger partial charge is 0.292 e. The molecule has 9 nitrogen and oxygen atoms in total. The number of unbranched alkanes of at least 4 members (excludes halogenated alkanes) is 1. The Kier molecular flexibility index (Phi) is 10.8. The number of rotatable bonds is 12. The van der Waals surface area contributed by atoms with Crippen molar-refractivity contribution in [2.45, 2.75) is 69.7 Å². The van der Waals surface area contributed by atoms with Gasteiger partial charge in [-0.2, -0.15) is 5.06 Å². The maximum absolute atomic E-state index is 14.7. The van der Waals surface area contributed by atoms with Gasteiger partial charge in [-0.1, -0.05) is 183 Å². The van der Waals surface area contributed by atoms with Crippen molar-refractivity contribution in [3.63, 3.8) is 0 Å². The third-order valence-corrected chi connectivity index (χ3v) is 13.8. The van der Waals surface area contributed by atoms with Crippen LogP contribution < -0.4 is 5.56 Å². The summed E-state index contributed by atoms with van der Waals surface area (Å²) in [6.45, 7) is 5.58. The minimum Gasteiger partial charge on any atom is -0.292 e. The molecule has 0 N–H and O–H groups in total. The molecule has 0 radical (unpaired) electrons. The van der Waals surface area contributed by atoms with Gasteiger partial charge in [0.2, 0.25) is 0 Å². The molecule has 0 aliphatic carbocycles. The summed E-state index contributed by atoms with van der Waals surface area (Å²) >= 11 is 0. The van der Waals surface area contributed by atoms with Crippen LogP contribution in [0.15, 0.2) is 187 Å². The number of nitrogens with zero attached hydrogens (tertiary/aromatic N) is 7. The zero-order valence-electron chi connectivity index (χ0n) is 37.3. The lowest BCUT2D eigenvalue weighted by Gasteiger charge is -2.36. The topological polar surface area (TPSA) is 91.0 Å². The second kappa shape index (κ2) is 17.2. The molecule has 1 fully saturated rings. The van der Waals surface area contributed by atoms with Crippen LogP contribution in [-0.4, -0.2) is 41.4 Å². The summed E-state index contributed by atoms with van der Waals surface area (Å²) in [5.74, 6) is 1.44. The van der Waals surface area contributed by atoms with Gasteiger partial charge in [0.15, 0.2) is 5.82 Å². The summed E-state index contributed by atoms with van der Waals surface area (Å²) in [4.78, 5) is 26.6. The molecule has 0 amide bonds. The van der Waals surface area contributed by atoms with Crippen molar-refractivity contribution in [2.75, 3.05) is 6.54 Å². The Hall–Kier alpha value is -7.33. The third-order valence-electron chi connectivity index (χ3n) is 13.8. The lowest BCUT2D eigenvalue weighted by Crippen LogP contribution is -2.39. The first kappa shape index (κ1) is 41.4. The van der Waals surface area contributed by atoms with Gasteiger partial charge >= 0.3 is 0 Å². The summed E-state index contributed by atoms with van der Waals surface area (Å²) in [6.07, 6.45) is 4.43. The first-order valence-corrected chi connectivity index (χ1v) is 23.2. The Bertz CT molecular complexity index is 3130. The molecule has 2 aliphatic rings. The molecule has 0 bridgehead atoms. The van der Waals surface area contributed by atoms with Crippen molar-refractivity contribution >= 4 is 10.9 Å². The Labute approximate surface area is 385 Å². The van der Waals surface area contributed by atoms with Crippen molar-refractivity contribution in [1.29, 1.82) is 0 Å². The van der Waals surface area contributed by atoms with E-state index in [1.54, 1.807) is 0 Å². The van der Waals surface area contributed by atoms with E-state index in [1.807, 2.05) is 45.6 Å². The molecular formula is C57H51N7O2. The number of fused-ring (bicyclic) bond motifs is 4. The third kappa shape index (κ3) is 7.16. The van der Waals surface area contributed by atoms with Crippen LogP contribution in [0.25, 0.3) is 33.4 Å². The van der Waals surface area contributed by atoms with Crippen LogP contribution in [0.5, 0.6) is 0 Å². The lowest BCUT2D eigenvalue weighted by atomic mass is 9.77. The molecule has 2 unspecified atom stereocenters. The number of hydroxylamine groups is 2. The van der Waals surface area contributed by atoms with Crippen molar-refractivity contribution in [2.24, 2.45) is 0 Å². The van der Waals surface area contributed by atoms with Crippen molar-refractivity contribution in [3.05, 3.63) is 237 Å². The molecule has 66 heavy (non-hydrogen) atoms. The predicted octanol–water partition coefficient (Wildman–Crippen LogP) is 11.1. The minimum absolute atomic E-state index is 0.0300. The highest BCUT2D eigenvalue weighted by atomic mass is 16.7. The molecule has 11 rings (SSSR count). The molecule has 4 heterocycles. The molecule has 2 aliphatic heterocycles. The smallest absolute Gasteiger partial charge is 0.261 e. The van der Waals surface area contributed by atoms with Crippen LogP contribution >= 0.6 is 0 Å². The van der Waals surface area contributed by atoms with E-state index in [2.05, 4.69) is 170 Å². The Balaban J connectivity index is 0.948. The quantitative estimate of drug-likeness (QED) is 0.113. The number of tetrazole rings is 1. The van der Waals surface area contributed by atoms with Crippen molar-refractivity contribution < 1.29 is 4.84 Å². The molecule has 7 aromatic carbocycles. The van der Waals surface area contributed by atoms with Gasteiger partial charge in [-0.3, -0.25) is 14.2 Å². The van der Waals surface area contributed by atoms with Crippen LogP contribution in [0, 0.1) is 0 Å². The fraction of sp³-hybridized carbons (Fsp3) is 0.211. The lowest BCUT2D eigenvalue weighted by molar-refractivity contribution is -0.206. The molecule has 326 valence electrons. The van der Waals surface area contributed by atoms with Gasteiger partial charge in [0.05, 0.1) is 23.5 Å². The monoisotopic (exact) mass is 865 g/mol.